The van der Waals surface area contributed by atoms with Crippen LogP contribution in [-0.2, 0) is 5.54 Å². The van der Waals surface area contributed by atoms with Crippen LogP contribution < -0.4 is 0 Å². The van der Waals surface area contributed by atoms with Gasteiger partial charge in [0, 0.05) is 11.5 Å². The normalized spacial score (nSPS) is 20.2. The van der Waals surface area contributed by atoms with Crippen LogP contribution in [0, 0.1) is 4.77 Å². The average molecular weight is 239 g/mol. The second kappa shape index (κ2) is 4.32. The van der Waals surface area contributed by atoms with Gasteiger partial charge in [-0.3, -0.25) is 9.67 Å². The number of nitrogens with zero attached hydrogens (tertiary/aromatic N) is 2. The molecule has 0 bridgehead atoms. The lowest BCUT2D eigenvalue weighted by Crippen LogP contribution is -2.34. The predicted octanol–water partition coefficient (Wildman–Crippen LogP) is 3.74. The number of aromatic amines is 1. The van der Waals surface area contributed by atoms with Crippen molar-refractivity contribution in [1.29, 1.82) is 0 Å². The van der Waals surface area contributed by atoms with Crippen molar-refractivity contribution in [3.63, 3.8) is 0 Å². The molecule has 1 aliphatic rings. The van der Waals surface area contributed by atoms with E-state index in [1.54, 1.807) is 0 Å². The summed E-state index contributed by atoms with van der Waals surface area (Å²) in [6.45, 7) is 6.67. The van der Waals surface area contributed by atoms with E-state index in [9.17, 15) is 0 Å². The second-order valence-electron chi connectivity index (χ2n) is 5.43. The Labute approximate surface area is 102 Å². The van der Waals surface area contributed by atoms with Crippen LogP contribution in [0.15, 0.2) is 0 Å². The molecule has 1 aromatic rings. The molecule has 0 aromatic carbocycles. The first-order valence-corrected chi connectivity index (χ1v) is 6.63. The molecule has 1 N–H and O–H groups in total. The Morgan fingerprint density at radius 3 is 2.50 bits per heavy atom. The summed E-state index contributed by atoms with van der Waals surface area (Å²) in [5.74, 6) is 1.53. The van der Waals surface area contributed by atoms with Gasteiger partial charge in [-0.2, -0.15) is 5.10 Å². The molecule has 1 fully saturated rings. The number of nitrogens with one attached hydrogen (secondary N) is 1. The lowest BCUT2D eigenvalue weighted by atomic mass is 9.83. The number of H-pyrrole nitrogens is 1. The maximum atomic E-state index is 5.39. The quantitative estimate of drug-likeness (QED) is 0.798. The fourth-order valence-electron chi connectivity index (χ4n) is 2.76. The van der Waals surface area contributed by atoms with E-state index in [0.717, 1.165) is 10.6 Å². The highest BCUT2D eigenvalue weighted by molar-refractivity contribution is 7.71. The molecule has 0 unspecified atom stereocenters. The summed E-state index contributed by atoms with van der Waals surface area (Å²) < 4.78 is 3.06. The third-order valence-corrected chi connectivity index (χ3v) is 3.96. The van der Waals surface area contributed by atoms with Crippen molar-refractivity contribution in [2.24, 2.45) is 0 Å². The zero-order chi connectivity index (χ0) is 11.8. The first kappa shape index (κ1) is 11.8. The van der Waals surface area contributed by atoms with Gasteiger partial charge in [-0.1, -0.05) is 33.1 Å². The summed E-state index contributed by atoms with van der Waals surface area (Å²) in [6.07, 6.45) is 6.42. The smallest absolute Gasteiger partial charge is 0.195 e. The molecule has 4 heteroatoms. The summed E-state index contributed by atoms with van der Waals surface area (Å²) in [6, 6.07) is 0. The van der Waals surface area contributed by atoms with Crippen molar-refractivity contribution in [2.75, 3.05) is 0 Å². The Hall–Kier alpha value is -0.640. The van der Waals surface area contributed by atoms with Gasteiger partial charge < -0.3 is 0 Å². The van der Waals surface area contributed by atoms with Crippen molar-refractivity contribution >= 4 is 12.2 Å². The maximum absolute atomic E-state index is 5.39. The van der Waals surface area contributed by atoms with Crippen LogP contribution in [0.25, 0.3) is 0 Å². The molecule has 2 rings (SSSR count). The Balaban J connectivity index is 2.45. The Bertz CT molecular complexity index is 410. The van der Waals surface area contributed by atoms with Crippen molar-refractivity contribution in [2.45, 2.75) is 64.3 Å². The van der Waals surface area contributed by atoms with Gasteiger partial charge in [0.15, 0.2) is 4.77 Å². The monoisotopic (exact) mass is 239 g/mol. The van der Waals surface area contributed by atoms with Crippen LogP contribution in [0.4, 0.5) is 0 Å². The highest BCUT2D eigenvalue weighted by atomic mass is 32.1. The Morgan fingerprint density at radius 2 is 1.94 bits per heavy atom. The van der Waals surface area contributed by atoms with Crippen LogP contribution in [0.5, 0.6) is 0 Å². The third kappa shape index (κ3) is 1.95. The van der Waals surface area contributed by atoms with E-state index in [1.807, 2.05) is 0 Å². The number of hydrogen-bond donors (Lipinski definition) is 1. The summed E-state index contributed by atoms with van der Waals surface area (Å²) in [7, 11) is 0. The van der Waals surface area contributed by atoms with Gasteiger partial charge in [-0.25, -0.2) is 0 Å². The van der Waals surface area contributed by atoms with Crippen LogP contribution >= 0.6 is 12.2 Å². The van der Waals surface area contributed by atoms with Crippen molar-refractivity contribution in [3.05, 3.63) is 10.6 Å². The molecule has 0 amide bonds. The van der Waals surface area contributed by atoms with E-state index < -0.39 is 0 Å². The Morgan fingerprint density at radius 1 is 1.31 bits per heavy atom. The fraction of sp³-hybridized carbons (Fsp3) is 0.833. The van der Waals surface area contributed by atoms with Crippen LogP contribution in [-0.4, -0.2) is 14.8 Å². The zero-order valence-electron chi connectivity index (χ0n) is 10.4. The first-order valence-electron chi connectivity index (χ1n) is 6.22. The number of aromatic nitrogens is 3. The summed E-state index contributed by atoms with van der Waals surface area (Å²) >= 11 is 5.39. The lowest BCUT2D eigenvalue weighted by molar-refractivity contribution is 0.208. The Kier molecular flexibility index (Phi) is 3.19. The topological polar surface area (TPSA) is 33.6 Å². The zero-order valence-corrected chi connectivity index (χ0v) is 11.2. The van der Waals surface area contributed by atoms with Gasteiger partial charge in [0.05, 0.1) is 0 Å². The van der Waals surface area contributed by atoms with E-state index in [-0.39, 0.29) is 5.54 Å². The standard InChI is InChI=1S/C12H21N3S/c1-9(2)10-13-14-11(16)15(10)12(3)7-5-4-6-8-12/h9H,4-8H2,1-3H3,(H,14,16). The molecule has 1 heterocycles. The van der Waals surface area contributed by atoms with Crippen LogP contribution in [0.3, 0.4) is 0 Å². The largest absolute Gasteiger partial charge is 0.298 e. The first-order chi connectivity index (χ1) is 7.54. The van der Waals surface area contributed by atoms with Crippen LogP contribution in [0.1, 0.15) is 64.6 Å². The molecule has 90 valence electrons. The highest BCUT2D eigenvalue weighted by Crippen LogP contribution is 2.36. The third-order valence-electron chi connectivity index (χ3n) is 3.69. The van der Waals surface area contributed by atoms with Gasteiger partial charge in [0.25, 0.3) is 0 Å². The van der Waals surface area contributed by atoms with E-state index in [0.29, 0.717) is 5.92 Å². The van der Waals surface area contributed by atoms with E-state index in [2.05, 4.69) is 35.5 Å². The van der Waals surface area contributed by atoms with Gasteiger partial charge in [0.2, 0.25) is 0 Å². The molecular weight excluding hydrogens is 218 g/mol. The number of rotatable bonds is 2. The number of hydrogen-bond acceptors (Lipinski definition) is 2. The second-order valence-corrected chi connectivity index (χ2v) is 5.82. The van der Waals surface area contributed by atoms with Gasteiger partial charge in [-0.05, 0) is 32.0 Å². The lowest BCUT2D eigenvalue weighted by Gasteiger charge is -2.36. The van der Waals surface area contributed by atoms with E-state index in [1.165, 1.54) is 32.1 Å². The molecule has 0 spiro atoms. The minimum absolute atomic E-state index is 0.182. The SMILES string of the molecule is CC(C)c1n[nH]c(=S)n1C1(C)CCCCC1. The summed E-state index contributed by atoms with van der Waals surface area (Å²) in [5, 5.41) is 7.34. The van der Waals surface area contributed by atoms with E-state index >= 15 is 0 Å². The van der Waals surface area contributed by atoms with Crippen molar-refractivity contribution < 1.29 is 0 Å². The summed E-state index contributed by atoms with van der Waals surface area (Å²) in [5.41, 5.74) is 0.182. The van der Waals surface area contributed by atoms with E-state index in [4.69, 9.17) is 12.2 Å². The minimum atomic E-state index is 0.182. The van der Waals surface area contributed by atoms with Crippen molar-refractivity contribution in [3.8, 4) is 0 Å². The molecule has 1 saturated carbocycles. The summed E-state index contributed by atoms with van der Waals surface area (Å²) in [4.78, 5) is 0. The van der Waals surface area contributed by atoms with Gasteiger partial charge in [0.1, 0.15) is 5.82 Å². The molecule has 0 atom stereocenters. The molecule has 0 radical (unpaired) electrons. The predicted molar refractivity (Wildman–Crippen MR) is 68.2 cm³/mol. The molecule has 3 nitrogen and oxygen atoms in total. The average Bonchev–Trinajstić information content (AvgIpc) is 2.62. The molecular formula is C12H21N3S. The molecule has 1 aromatic heterocycles. The molecule has 0 aliphatic heterocycles. The minimum Gasteiger partial charge on any atom is -0.298 e. The molecule has 0 saturated heterocycles. The molecule has 1 aliphatic carbocycles. The highest BCUT2D eigenvalue weighted by Gasteiger charge is 2.32. The van der Waals surface area contributed by atoms with Crippen molar-refractivity contribution in [1.82, 2.24) is 14.8 Å². The molecule has 16 heavy (non-hydrogen) atoms. The van der Waals surface area contributed by atoms with Gasteiger partial charge in [-0.15, -0.1) is 0 Å². The maximum Gasteiger partial charge on any atom is 0.195 e. The van der Waals surface area contributed by atoms with Crippen LogP contribution in [0.2, 0.25) is 0 Å². The van der Waals surface area contributed by atoms with Gasteiger partial charge >= 0.3 is 0 Å². The fourth-order valence-corrected chi connectivity index (χ4v) is 3.11.